The third kappa shape index (κ3) is 2.76. The van der Waals surface area contributed by atoms with Gasteiger partial charge in [-0.05, 0) is 12.1 Å². The number of aromatic amines is 2. The van der Waals surface area contributed by atoms with Gasteiger partial charge in [-0.25, -0.2) is 5.10 Å². The molecule has 1 aliphatic heterocycles. The molecule has 0 saturated carbocycles. The summed E-state index contributed by atoms with van der Waals surface area (Å²) >= 11 is 0. The van der Waals surface area contributed by atoms with Crippen molar-refractivity contribution in [2.45, 2.75) is 0 Å². The Morgan fingerprint density at radius 1 is 1.00 bits per heavy atom. The predicted molar refractivity (Wildman–Crippen MR) is 77.5 cm³/mol. The summed E-state index contributed by atoms with van der Waals surface area (Å²) in [5.74, 6) is -0.291. The van der Waals surface area contributed by atoms with Gasteiger partial charge in [0.2, 0.25) is 0 Å². The van der Waals surface area contributed by atoms with E-state index in [9.17, 15) is 14.4 Å². The molecule has 3 heterocycles. The van der Waals surface area contributed by atoms with Crippen LogP contribution in [-0.4, -0.2) is 63.0 Å². The van der Waals surface area contributed by atoms with Crippen LogP contribution in [0.2, 0.25) is 0 Å². The molecule has 0 unspecified atom stereocenters. The second kappa shape index (κ2) is 5.84. The number of H-pyrrole nitrogens is 2. The summed E-state index contributed by atoms with van der Waals surface area (Å²) in [5, 5.41) is 5.98. The van der Waals surface area contributed by atoms with Gasteiger partial charge in [0.15, 0.2) is 0 Å². The van der Waals surface area contributed by atoms with Crippen LogP contribution in [0.3, 0.4) is 0 Å². The van der Waals surface area contributed by atoms with Crippen molar-refractivity contribution < 1.29 is 9.59 Å². The highest BCUT2D eigenvalue weighted by molar-refractivity contribution is 5.95. The SMILES string of the molecule is O=C(c1cc[nH]c1)N1CCN(C(=O)c2ccc(=O)[nH]n2)CC1. The number of carbonyl (C=O) groups is 2. The van der Waals surface area contributed by atoms with E-state index in [0.717, 1.165) is 0 Å². The molecule has 8 heteroatoms. The Morgan fingerprint density at radius 3 is 2.23 bits per heavy atom. The highest BCUT2D eigenvalue weighted by Crippen LogP contribution is 2.10. The molecular weight excluding hydrogens is 286 g/mol. The lowest BCUT2D eigenvalue weighted by molar-refractivity contribution is 0.0531. The monoisotopic (exact) mass is 301 g/mol. The first-order valence-corrected chi connectivity index (χ1v) is 6.92. The summed E-state index contributed by atoms with van der Waals surface area (Å²) in [5.41, 5.74) is 0.463. The summed E-state index contributed by atoms with van der Waals surface area (Å²) < 4.78 is 0. The maximum atomic E-state index is 12.2. The molecule has 1 saturated heterocycles. The molecule has 22 heavy (non-hydrogen) atoms. The average Bonchev–Trinajstić information content (AvgIpc) is 3.09. The molecule has 2 N–H and O–H groups in total. The summed E-state index contributed by atoms with van der Waals surface area (Å²) in [4.78, 5) is 41.6. The van der Waals surface area contributed by atoms with Crippen LogP contribution in [0.25, 0.3) is 0 Å². The molecular formula is C14H15N5O3. The Hall–Kier alpha value is -2.90. The molecule has 114 valence electrons. The standard InChI is InChI=1S/C14H15N5O3/c20-12-2-1-11(16-17-12)14(22)19-7-5-18(6-8-19)13(21)10-3-4-15-9-10/h1-4,9,15H,5-8H2,(H,17,20). The van der Waals surface area contributed by atoms with Gasteiger partial charge >= 0.3 is 0 Å². The zero-order valence-corrected chi connectivity index (χ0v) is 11.8. The molecule has 0 radical (unpaired) electrons. The summed E-state index contributed by atoms with van der Waals surface area (Å²) in [6, 6.07) is 4.40. The number of aromatic nitrogens is 3. The second-order valence-corrected chi connectivity index (χ2v) is 4.99. The lowest BCUT2D eigenvalue weighted by atomic mass is 10.2. The van der Waals surface area contributed by atoms with Crippen LogP contribution in [0.1, 0.15) is 20.8 Å². The number of rotatable bonds is 2. The highest BCUT2D eigenvalue weighted by atomic mass is 16.2. The molecule has 0 aliphatic carbocycles. The van der Waals surface area contributed by atoms with Gasteiger partial charge in [-0.15, -0.1) is 0 Å². The Bertz CT molecular complexity index is 709. The van der Waals surface area contributed by atoms with E-state index in [1.165, 1.54) is 12.1 Å². The summed E-state index contributed by atoms with van der Waals surface area (Å²) in [7, 11) is 0. The van der Waals surface area contributed by atoms with Crippen LogP contribution in [0.5, 0.6) is 0 Å². The van der Waals surface area contributed by atoms with Gasteiger partial charge in [-0.2, -0.15) is 5.10 Å². The second-order valence-electron chi connectivity index (χ2n) is 4.99. The minimum Gasteiger partial charge on any atom is -0.367 e. The Kier molecular flexibility index (Phi) is 3.73. The lowest BCUT2D eigenvalue weighted by Gasteiger charge is -2.34. The van der Waals surface area contributed by atoms with E-state index < -0.39 is 0 Å². The highest BCUT2D eigenvalue weighted by Gasteiger charge is 2.26. The van der Waals surface area contributed by atoms with E-state index in [-0.39, 0.29) is 23.1 Å². The van der Waals surface area contributed by atoms with E-state index in [1.807, 2.05) is 0 Å². The lowest BCUT2D eigenvalue weighted by Crippen LogP contribution is -2.50. The molecule has 1 fully saturated rings. The molecule has 0 bridgehead atoms. The average molecular weight is 301 g/mol. The van der Waals surface area contributed by atoms with Crippen molar-refractivity contribution in [3.8, 4) is 0 Å². The Labute approximate surface area is 125 Å². The molecule has 3 rings (SSSR count). The smallest absolute Gasteiger partial charge is 0.274 e. The van der Waals surface area contributed by atoms with E-state index in [2.05, 4.69) is 15.2 Å². The zero-order valence-electron chi connectivity index (χ0n) is 11.8. The van der Waals surface area contributed by atoms with E-state index >= 15 is 0 Å². The quantitative estimate of drug-likeness (QED) is 0.794. The third-order valence-corrected chi connectivity index (χ3v) is 3.60. The van der Waals surface area contributed by atoms with Crippen LogP contribution in [0, 0.1) is 0 Å². The fraction of sp³-hybridized carbons (Fsp3) is 0.286. The first kappa shape index (κ1) is 14.1. The number of nitrogens with one attached hydrogen (secondary N) is 2. The molecule has 0 spiro atoms. The maximum absolute atomic E-state index is 12.2. The van der Waals surface area contributed by atoms with Gasteiger partial charge in [0, 0.05) is 44.6 Å². The van der Waals surface area contributed by atoms with Gasteiger partial charge in [0.1, 0.15) is 5.69 Å². The van der Waals surface area contributed by atoms with Crippen LogP contribution in [-0.2, 0) is 0 Å². The van der Waals surface area contributed by atoms with Crippen molar-refractivity contribution in [3.63, 3.8) is 0 Å². The molecule has 0 atom stereocenters. The summed E-state index contributed by atoms with van der Waals surface area (Å²) in [6.07, 6.45) is 3.36. The topological polar surface area (TPSA) is 102 Å². The molecule has 0 aromatic carbocycles. The van der Waals surface area contributed by atoms with Crippen LogP contribution < -0.4 is 5.56 Å². The molecule has 1 aliphatic rings. The van der Waals surface area contributed by atoms with Crippen molar-refractivity contribution in [2.75, 3.05) is 26.2 Å². The third-order valence-electron chi connectivity index (χ3n) is 3.60. The van der Waals surface area contributed by atoms with Crippen molar-refractivity contribution >= 4 is 11.8 Å². The van der Waals surface area contributed by atoms with E-state index in [4.69, 9.17) is 0 Å². The van der Waals surface area contributed by atoms with Gasteiger partial charge in [0.25, 0.3) is 17.4 Å². The molecule has 2 amide bonds. The number of amides is 2. The number of nitrogens with zero attached hydrogens (tertiary/aromatic N) is 3. The van der Waals surface area contributed by atoms with Crippen LogP contribution in [0.15, 0.2) is 35.4 Å². The van der Waals surface area contributed by atoms with Crippen molar-refractivity contribution in [3.05, 3.63) is 52.2 Å². The predicted octanol–water partition coefficient (Wildman–Crippen LogP) is -0.304. The number of hydrogen-bond acceptors (Lipinski definition) is 4. The first-order valence-electron chi connectivity index (χ1n) is 6.92. The van der Waals surface area contributed by atoms with Crippen molar-refractivity contribution in [1.29, 1.82) is 0 Å². The maximum Gasteiger partial charge on any atom is 0.274 e. The van der Waals surface area contributed by atoms with E-state index in [1.54, 1.807) is 28.3 Å². The zero-order chi connectivity index (χ0) is 15.5. The minimum atomic E-state index is -0.349. The summed E-state index contributed by atoms with van der Waals surface area (Å²) in [6.45, 7) is 1.82. The fourth-order valence-corrected chi connectivity index (χ4v) is 2.38. The van der Waals surface area contributed by atoms with Crippen LogP contribution >= 0.6 is 0 Å². The van der Waals surface area contributed by atoms with Gasteiger partial charge in [0.05, 0.1) is 5.56 Å². The normalized spacial score (nSPS) is 14.9. The first-order chi connectivity index (χ1) is 10.6. The largest absolute Gasteiger partial charge is 0.367 e. The number of piperazine rings is 1. The Balaban J connectivity index is 1.62. The fourth-order valence-electron chi connectivity index (χ4n) is 2.38. The van der Waals surface area contributed by atoms with Gasteiger partial charge in [-0.3, -0.25) is 14.4 Å². The molecule has 8 nitrogen and oxygen atoms in total. The number of carbonyl (C=O) groups excluding carboxylic acids is 2. The van der Waals surface area contributed by atoms with Crippen LogP contribution in [0.4, 0.5) is 0 Å². The molecule has 2 aromatic heterocycles. The van der Waals surface area contributed by atoms with Crippen molar-refractivity contribution in [1.82, 2.24) is 25.0 Å². The minimum absolute atomic E-state index is 0.0458. The van der Waals surface area contributed by atoms with E-state index in [0.29, 0.717) is 31.7 Å². The van der Waals surface area contributed by atoms with Crippen molar-refractivity contribution in [2.24, 2.45) is 0 Å². The van der Waals surface area contributed by atoms with Gasteiger partial charge in [-0.1, -0.05) is 0 Å². The number of hydrogen-bond donors (Lipinski definition) is 2. The Morgan fingerprint density at radius 2 is 1.68 bits per heavy atom. The molecule has 2 aromatic rings. The van der Waals surface area contributed by atoms with Gasteiger partial charge < -0.3 is 14.8 Å².